The van der Waals surface area contributed by atoms with Crippen LogP contribution in [0.25, 0.3) is 0 Å². The van der Waals surface area contributed by atoms with Crippen LogP contribution in [-0.2, 0) is 0 Å². The second-order valence-corrected chi connectivity index (χ2v) is 5.72. The average molecular weight is 331 g/mol. The summed E-state index contributed by atoms with van der Waals surface area (Å²) in [6, 6.07) is 21.2. The molecule has 0 aliphatic carbocycles. The van der Waals surface area contributed by atoms with Crippen LogP contribution in [0.3, 0.4) is 0 Å². The topological polar surface area (TPSA) is 66.4 Å². The number of hydrogen-bond donors (Lipinski definition) is 2. The maximum atomic E-state index is 12.9. The largest absolute Gasteiger partial charge is 0.478 e. The molecule has 0 fully saturated rings. The van der Waals surface area contributed by atoms with E-state index >= 15 is 0 Å². The summed E-state index contributed by atoms with van der Waals surface area (Å²) in [5.41, 5.74) is 3.21. The fourth-order valence-corrected chi connectivity index (χ4v) is 2.68. The van der Waals surface area contributed by atoms with Gasteiger partial charge in [-0.2, -0.15) is 0 Å². The molecule has 0 saturated heterocycles. The molecule has 0 spiro atoms. The maximum absolute atomic E-state index is 12.9. The summed E-state index contributed by atoms with van der Waals surface area (Å²) >= 11 is 0. The summed E-state index contributed by atoms with van der Waals surface area (Å²) in [4.78, 5) is 24.3. The van der Waals surface area contributed by atoms with E-state index in [9.17, 15) is 14.7 Å². The minimum Gasteiger partial charge on any atom is -0.478 e. The highest BCUT2D eigenvalue weighted by Gasteiger charge is 2.19. The number of carbonyl (C=O) groups is 2. The molecule has 0 heterocycles. The lowest BCUT2D eigenvalue weighted by Gasteiger charge is -2.13. The number of aromatic carboxylic acids is 1. The van der Waals surface area contributed by atoms with Gasteiger partial charge in [-0.3, -0.25) is 4.79 Å². The Balaban J connectivity index is 2.01. The highest BCUT2D eigenvalue weighted by atomic mass is 16.4. The van der Waals surface area contributed by atoms with Crippen molar-refractivity contribution in [3.8, 4) is 0 Å². The fourth-order valence-electron chi connectivity index (χ4n) is 2.68. The summed E-state index contributed by atoms with van der Waals surface area (Å²) in [7, 11) is 0. The van der Waals surface area contributed by atoms with E-state index in [1.807, 2.05) is 37.3 Å². The normalized spacial score (nSPS) is 10.3. The monoisotopic (exact) mass is 331 g/mol. The third-order valence-electron chi connectivity index (χ3n) is 3.87. The van der Waals surface area contributed by atoms with Crippen LogP contribution in [0.15, 0.2) is 72.8 Å². The van der Waals surface area contributed by atoms with Crippen molar-refractivity contribution in [3.63, 3.8) is 0 Å². The SMILES string of the molecule is Cc1cccc(Nc2ccccc2C(=O)c2ccccc2C(=O)O)c1. The zero-order chi connectivity index (χ0) is 17.8. The van der Waals surface area contributed by atoms with Crippen molar-refractivity contribution >= 4 is 23.1 Å². The van der Waals surface area contributed by atoms with Crippen LogP contribution in [0, 0.1) is 6.92 Å². The number of nitrogens with one attached hydrogen (secondary N) is 1. The second kappa shape index (κ2) is 7.01. The standard InChI is InChI=1S/C21H17NO3/c1-14-7-6-8-15(13-14)22-19-12-5-4-11-18(19)20(23)16-9-2-3-10-17(16)21(24)25/h2-13,22H,1H3,(H,24,25). The first-order valence-corrected chi connectivity index (χ1v) is 7.86. The first-order valence-electron chi connectivity index (χ1n) is 7.86. The molecular formula is C21H17NO3. The molecular weight excluding hydrogens is 314 g/mol. The van der Waals surface area contributed by atoms with E-state index in [4.69, 9.17) is 0 Å². The number of carboxylic acid groups (broad SMARTS) is 1. The Morgan fingerprint density at radius 2 is 1.44 bits per heavy atom. The van der Waals surface area contributed by atoms with Gasteiger partial charge in [0, 0.05) is 22.5 Å². The molecule has 0 aromatic heterocycles. The highest BCUT2D eigenvalue weighted by molar-refractivity contribution is 6.16. The van der Waals surface area contributed by atoms with Crippen LogP contribution in [0.5, 0.6) is 0 Å². The summed E-state index contributed by atoms with van der Waals surface area (Å²) in [6.45, 7) is 1.99. The van der Waals surface area contributed by atoms with Crippen LogP contribution in [0.4, 0.5) is 11.4 Å². The second-order valence-electron chi connectivity index (χ2n) is 5.72. The van der Waals surface area contributed by atoms with E-state index in [1.165, 1.54) is 12.1 Å². The van der Waals surface area contributed by atoms with Gasteiger partial charge in [-0.15, -0.1) is 0 Å². The van der Waals surface area contributed by atoms with Gasteiger partial charge in [-0.05, 0) is 42.8 Å². The molecule has 25 heavy (non-hydrogen) atoms. The molecule has 3 aromatic rings. The van der Waals surface area contributed by atoms with Crippen molar-refractivity contribution in [1.29, 1.82) is 0 Å². The first kappa shape index (κ1) is 16.5. The number of carboxylic acids is 1. The average Bonchev–Trinajstić information content (AvgIpc) is 2.61. The molecule has 0 aliphatic rings. The van der Waals surface area contributed by atoms with Crippen LogP contribution in [0.2, 0.25) is 0 Å². The molecule has 124 valence electrons. The van der Waals surface area contributed by atoms with Crippen molar-refractivity contribution in [2.24, 2.45) is 0 Å². The third kappa shape index (κ3) is 3.58. The molecule has 3 aromatic carbocycles. The predicted molar refractivity (Wildman–Crippen MR) is 97.7 cm³/mol. The van der Waals surface area contributed by atoms with Crippen molar-refractivity contribution in [1.82, 2.24) is 0 Å². The summed E-state index contributed by atoms with van der Waals surface area (Å²) in [6.07, 6.45) is 0. The van der Waals surface area contributed by atoms with Gasteiger partial charge in [0.2, 0.25) is 0 Å². The molecule has 0 amide bonds. The third-order valence-corrected chi connectivity index (χ3v) is 3.87. The van der Waals surface area contributed by atoms with E-state index in [0.29, 0.717) is 11.3 Å². The lowest BCUT2D eigenvalue weighted by Crippen LogP contribution is -2.11. The molecule has 4 heteroatoms. The van der Waals surface area contributed by atoms with Crippen molar-refractivity contribution in [2.75, 3.05) is 5.32 Å². The first-order chi connectivity index (χ1) is 12.1. The Hall–Kier alpha value is -3.40. The van der Waals surface area contributed by atoms with Gasteiger partial charge >= 0.3 is 5.97 Å². The Labute approximate surface area is 145 Å². The van der Waals surface area contributed by atoms with E-state index in [-0.39, 0.29) is 16.9 Å². The van der Waals surface area contributed by atoms with Crippen molar-refractivity contribution < 1.29 is 14.7 Å². The minimum absolute atomic E-state index is 0.00198. The number of carbonyl (C=O) groups excluding carboxylic acids is 1. The number of aryl methyl sites for hydroxylation is 1. The number of hydrogen-bond acceptors (Lipinski definition) is 3. The van der Waals surface area contributed by atoms with Gasteiger partial charge in [-0.25, -0.2) is 4.79 Å². The van der Waals surface area contributed by atoms with Gasteiger partial charge in [-0.1, -0.05) is 42.5 Å². The molecule has 0 saturated carbocycles. The number of anilines is 2. The van der Waals surface area contributed by atoms with Gasteiger partial charge < -0.3 is 10.4 Å². The zero-order valence-electron chi connectivity index (χ0n) is 13.7. The number of benzene rings is 3. The predicted octanol–water partition coefficient (Wildman–Crippen LogP) is 4.67. The smallest absolute Gasteiger partial charge is 0.336 e. The molecule has 2 N–H and O–H groups in total. The number of rotatable bonds is 5. The van der Waals surface area contributed by atoms with Crippen LogP contribution in [-0.4, -0.2) is 16.9 Å². The van der Waals surface area contributed by atoms with Gasteiger partial charge in [0.1, 0.15) is 0 Å². The molecule has 4 nitrogen and oxygen atoms in total. The Morgan fingerprint density at radius 1 is 0.800 bits per heavy atom. The maximum Gasteiger partial charge on any atom is 0.336 e. The Morgan fingerprint density at radius 3 is 2.12 bits per heavy atom. The molecule has 0 aliphatic heterocycles. The van der Waals surface area contributed by atoms with Crippen molar-refractivity contribution in [3.05, 3.63) is 95.1 Å². The van der Waals surface area contributed by atoms with Crippen LogP contribution < -0.4 is 5.32 Å². The molecule has 0 bridgehead atoms. The molecule has 0 atom stereocenters. The molecule has 0 radical (unpaired) electrons. The van der Waals surface area contributed by atoms with Crippen molar-refractivity contribution in [2.45, 2.75) is 6.92 Å². The van der Waals surface area contributed by atoms with Gasteiger partial charge in [0.15, 0.2) is 5.78 Å². The lowest BCUT2D eigenvalue weighted by atomic mass is 9.97. The van der Waals surface area contributed by atoms with Gasteiger partial charge in [0.05, 0.1) is 5.56 Å². The lowest BCUT2D eigenvalue weighted by molar-refractivity contribution is 0.0693. The van der Waals surface area contributed by atoms with E-state index in [2.05, 4.69) is 5.32 Å². The minimum atomic E-state index is -1.12. The Kier molecular flexibility index (Phi) is 4.61. The fraction of sp³-hybridized carbons (Fsp3) is 0.0476. The quantitative estimate of drug-likeness (QED) is 0.667. The summed E-state index contributed by atoms with van der Waals surface area (Å²) in [5, 5.41) is 12.6. The van der Waals surface area contributed by atoms with E-state index in [0.717, 1.165) is 11.3 Å². The number of ketones is 1. The molecule has 0 unspecified atom stereocenters. The molecule has 3 rings (SSSR count). The van der Waals surface area contributed by atoms with E-state index < -0.39 is 5.97 Å². The van der Waals surface area contributed by atoms with Gasteiger partial charge in [0.25, 0.3) is 0 Å². The van der Waals surface area contributed by atoms with Crippen LogP contribution >= 0.6 is 0 Å². The number of para-hydroxylation sites is 1. The van der Waals surface area contributed by atoms with Crippen LogP contribution in [0.1, 0.15) is 31.8 Å². The zero-order valence-corrected chi connectivity index (χ0v) is 13.7. The van der Waals surface area contributed by atoms with E-state index in [1.54, 1.807) is 30.3 Å². The highest BCUT2D eigenvalue weighted by Crippen LogP contribution is 2.25. The Bertz CT molecular complexity index is 947. The summed E-state index contributed by atoms with van der Waals surface area (Å²) in [5.74, 6) is -1.44. The summed E-state index contributed by atoms with van der Waals surface area (Å²) < 4.78 is 0.